The monoisotopic (exact) mass is 282 g/mol. The van der Waals surface area contributed by atoms with E-state index in [4.69, 9.17) is 5.73 Å². The van der Waals surface area contributed by atoms with Gasteiger partial charge < -0.3 is 11.1 Å². The number of nitrogens with two attached hydrogens (primary N) is 1. The normalized spacial score (nSPS) is 22.9. The summed E-state index contributed by atoms with van der Waals surface area (Å²) in [5.41, 5.74) is 6.60. The number of amides is 1. The molecule has 1 fully saturated rings. The molecule has 2 atom stereocenters. The number of rotatable bonds is 4. The van der Waals surface area contributed by atoms with Gasteiger partial charge in [-0.2, -0.15) is 0 Å². The molecule has 6 heteroatoms. The van der Waals surface area contributed by atoms with Crippen molar-refractivity contribution in [2.45, 2.75) is 12.5 Å². The third kappa shape index (κ3) is 3.78. The SMILES string of the molecule is N[C@@H](C(=O)NCC1CCS(=O)(=O)C1)c1ccccc1. The van der Waals surface area contributed by atoms with Gasteiger partial charge in [0.2, 0.25) is 5.91 Å². The van der Waals surface area contributed by atoms with E-state index in [1.807, 2.05) is 18.2 Å². The Balaban J connectivity index is 1.85. The summed E-state index contributed by atoms with van der Waals surface area (Å²) in [7, 11) is -2.90. The average Bonchev–Trinajstić information content (AvgIpc) is 2.76. The molecule has 0 aliphatic carbocycles. The van der Waals surface area contributed by atoms with Crippen molar-refractivity contribution in [3.63, 3.8) is 0 Å². The molecule has 0 radical (unpaired) electrons. The number of benzene rings is 1. The third-order valence-electron chi connectivity index (χ3n) is 3.33. The summed E-state index contributed by atoms with van der Waals surface area (Å²) in [4.78, 5) is 11.9. The van der Waals surface area contributed by atoms with Crippen molar-refractivity contribution >= 4 is 15.7 Å². The number of carbonyl (C=O) groups excluding carboxylic acids is 1. The topological polar surface area (TPSA) is 89.3 Å². The van der Waals surface area contributed by atoms with Gasteiger partial charge in [-0.1, -0.05) is 30.3 Å². The van der Waals surface area contributed by atoms with Gasteiger partial charge in [0.25, 0.3) is 0 Å². The maximum absolute atomic E-state index is 11.9. The van der Waals surface area contributed by atoms with Gasteiger partial charge >= 0.3 is 0 Å². The average molecular weight is 282 g/mol. The van der Waals surface area contributed by atoms with Crippen molar-refractivity contribution in [2.75, 3.05) is 18.1 Å². The van der Waals surface area contributed by atoms with Gasteiger partial charge in [0.15, 0.2) is 9.84 Å². The Labute approximate surface area is 113 Å². The largest absolute Gasteiger partial charge is 0.354 e. The Morgan fingerprint density at radius 1 is 1.37 bits per heavy atom. The number of hydrogen-bond acceptors (Lipinski definition) is 4. The highest BCUT2D eigenvalue weighted by atomic mass is 32.2. The molecule has 1 unspecified atom stereocenters. The van der Waals surface area contributed by atoms with Crippen LogP contribution in [0.1, 0.15) is 18.0 Å². The summed E-state index contributed by atoms with van der Waals surface area (Å²) in [6.45, 7) is 0.374. The van der Waals surface area contributed by atoms with Crippen LogP contribution in [-0.4, -0.2) is 32.4 Å². The fourth-order valence-corrected chi connectivity index (χ4v) is 4.06. The molecule has 1 aromatic rings. The molecule has 1 aliphatic heterocycles. The summed E-state index contributed by atoms with van der Waals surface area (Å²) in [5, 5.41) is 2.73. The van der Waals surface area contributed by atoms with Gasteiger partial charge in [0, 0.05) is 6.54 Å². The van der Waals surface area contributed by atoms with Crippen LogP contribution in [0.2, 0.25) is 0 Å². The zero-order valence-corrected chi connectivity index (χ0v) is 11.4. The highest BCUT2D eigenvalue weighted by Crippen LogP contribution is 2.17. The molecule has 1 saturated heterocycles. The predicted octanol–water partition coefficient (Wildman–Crippen LogP) is 0.237. The Morgan fingerprint density at radius 3 is 2.63 bits per heavy atom. The molecule has 1 heterocycles. The fourth-order valence-electron chi connectivity index (χ4n) is 2.20. The van der Waals surface area contributed by atoms with Gasteiger partial charge in [-0.25, -0.2) is 8.42 Å². The zero-order chi connectivity index (χ0) is 13.9. The van der Waals surface area contributed by atoms with Crippen LogP contribution in [0.5, 0.6) is 0 Å². The van der Waals surface area contributed by atoms with Crippen LogP contribution < -0.4 is 11.1 Å². The van der Waals surface area contributed by atoms with Gasteiger partial charge in [-0.05, 0) is 17.9 Å². The lowest BCUT2D eigenvalue weighted by Crippen LogP contribution is -2.37. The minimum atomic E-state index is -2.90. The summed E-state index contributed by atoms with van der Waals surface area (Å²) in [6, 6.07) is 8.39. The first-order valence-corrected chi connectivity index (χ1v) is 8.09. The molecule has 5 nitrogen and oxygen atoms in total. The first-order valence-electron chi connectivity index (χ1n) is 6.26. The molecule has 1 aliphatic rings. The van der Waals surface area contributed by atoms with E-state index in [0.29, 0.717) is 13.0 Å². The van der Waals surface area contributed by atoms with Crippen molar-refractivity contribution in [1.29, 1.82) is 0 Å². The second kappa shape index (κ2) is 5.71. The van der Waals surface area contributed by atoms with E-state index in [1.54, 1.807) is 12.1 Å². The minimum absolute atomic E-state index is 0.0110. The van der Waals surface area contributed by atoms with Crippen LogP contribution in [0.4, 0.5) is 0 Å². The highest BCUT2D eigenvalue weighted by Gasteiger charge is 2.28. The predicted molar refractivity (Wildman–Crippen MR) is 73.1 cm³/mol. The second-order valence-corrected chi connectivity index (χ2v) is 7.13. The van der Waals surface area contributed by atoms with Crippen molar-refractivity contribution in [3.05, 3.63) is 35.9 Å². The van der Waals surface area contributed by atoms with Crippen molar-refractivity contribution in [2.24, 2.45) is 11.7 Å². The van der Waals surface area contributed by atoms with Gasteiger partial charge in [0.1, 0.15) is 6.04 Å². The van der Waals surface area contributed by atoms with Crippen LogP contribution in [0.3, 0.4) is 0 Å². The molecule has 19 heavy (non-hydrogen) atoms. The first kappa shape index (κ1) is 14.0. The molecule has 0 saturated carbocycles. The maximum atomic E-state index is 11.9. The molecule has 104 valence electrons. The molecule has 1 aromatic carbocycles. The van der Waals surface area contributed by atoms with E-state index in [9.17, 15) is 13.2 Å². The Bertz CT molecular complexity index is 542. The van der Waals surface area contributed by atoms with Crippen molar-refractivity contribution < 1.29 is 13.2 Å². The summed E-state index contributed by atoms with van der Waals surface area (Å²) < 4.78 is 22.6. The molecule has 3 N–H and O–H groups in total. The van der Waals surface area contributed by atoms with Crippen LogP contribution >= 0.6 is 0 Å². The second-order valence-electron chi connectivity index (χ2n) is 4.90. The maximum Gasteiger partial charge on any atom is 0.241 e. The highest BCUT2D eigenvalue weighted by molar-refractivity contribution is 7.91. The van der Waals surface area contributed by atoms with E-state index in [2.05, 4.69) is 5.32 Å². The van der Waals surface area contributed by atoms with E-state index in [0.717, 1.165) is 5.56 Å². The van der Waals surface area contributed by atoms with E-state index in [-0.39, 0.29) is 23.3 Å². The van der Waals surface area contributed by atoms with Crippen LogP contribution in [0.25, 0.3) is 0 Å². The molecular formula is C13H18N2O3S. The summed E-state index contributed by atoms with van der Waals surface area (Å²) >= 11 is 0. The Kier molecular flexibility index (Phi) is 4.21. The fraction of sp³-hybridized carbons (Fsp3) is 0.462. The molecule has 0 spiro atoms. The smallest absolute Gasteiger partial charge is 0.241 e. The molecule has 2 rings (SSSR count). The van der Waals surface area contributed by atoms with Gasteiger partial charge in [-0.15, -0.1) is 0 Å². The van der Waals surface area contributed by atoms with E-state index in [1.165, 1.54) is 0 Å². The lowest BCUT2D eigenvalue weighted by atomic mass is 10.1. The molecular weight excluding hydrogens is 264 g/mol. The number of carbonyl (C=O) groups is 1. The number of nitrogens with one attached hydrogen (secondary N) is 1. The van der Waals surface area contributed by atoms with Gasteiger partial charge in [-0.3, -0.25) is 4.79 Å². The molecule has 0 aromatic heterocycles. The standard InChI is InChI=1S/C13H18N2O3S/c14-12(11-4-2-1-3-5-11)13(16)15-8-10-6-7-19(17,18)9-10/h1-5,10,12H,6-9,14H2,(H,15,16)/t10?,12-/m1/s1. The summed E-state index contributed by atoms with van der Waals surface area (Å²) in [6.07, 6.45) is 0.614. The number of sulfone groups is 1. The summed E-state index contributed by atoms with van der Waals surface area (Å²) in [5.74, 6) is 0.124. The van der Waals surface area contributed by atoms with Crippen LogP contribution in [0.15, 0.2) is 30.3 Å². The number of hydrogen-bond donors (Lipinski definition) is 2. The van der Waals surface area contributed by atoms with Gasteiger partial charge in [0.05, 0.1) is 11.5 Å². The van der Waals surface area contributed by atoms with E-state index >= 15 is 0 Å². The van der Waals surface area contributed by atoms with E-state index < -0.39 is 15.9 Å². The van der Waals surface area contributed by atoms with Crippen LogP contribution in [-0.2, 0) is 14.6 Å². The molecule has 0 bridgehead atoms. The minimum Gasteiger partial charge on any atom is -0.354 e. The Hall–Kier alpha value is -1.40. The molecule has 1 amide bonds. The van der Waals surface area contributed by atoms with Crippen molar-refractivity contribution in [1.82, 2.24) is 5.32 Å². The lowest BCUT2D eigenvalue weighted by molar-refractivity contribution is -0.122. The quantitative estimate of drug-likeness (QED) is 0.827. The third-order valence-corrected chi connectivity index (χ3v) is 5.17. The van der Waals surface area contributed by atoms with Crippen LogP contribution in [0, 0.1) is 5.92 Å². The van der Waals surface area contributed by atoms with Crippen molar-refractivity contribution in [3.8, 4) is 0 Å². The Morgan fingerprint density at radius 2 is 2.05 bits per heavy atom. The zero-order valence-electron chi connectivity index (χ0n) is 10.6. The first-order chi connectivity index (χ1) is 8.98. The lowest BCUT2D eigenvalue weighted by Gasteiger charge is -2.14.